The summed E-state index contributed by atoms with van der Waals surface area (Å²) in [6.07, 6.45) is 2.60. The van der Waals surface area contributed by atoms with Gasteiger partial charge in [0.05, 0.1) is 0 Å². The Hall–Kier alpha value is -0.700. The fourth-order valence-electron chi connectivity index (χ4n) is 1.22. The standard InChI is InChI=1S/C8H10N2S/c1-5-9-7(6-2-3-6)4-8(11)10-5/h4,6H,2-3H2,1H3,(H,9,10,11). The third-order valence-corrected chi connectivity index (χ3v) is 2.11. The molecule has 1 aliphatic carbocycles. The summed E-state index contributed by atoms with van der Waals surface area (Å²) < 4.78 is 0.711. The molecule has 0 atom stereocenters. The molecule has 2 nitrogen and oxygen atoms in total. The van der Waals surface area contributed by atoms with E-state index >= 15 is 0 Å². The predicted octanol–water partition coefficient (Wildman–Crippen LogP) is 2.33. The maximum Gasteiger partial charge on any atom is 0.129 e. The zero-order chi connectivity index (χ0) is 7.84. The van der Waals surface area contributed by atoms with Crippen LogP contribution in [0.1, 0.15) is 30.3 Å². The molecule has 1 aromatic heterocycles. The van der Waals surface area contributed by atoms with Crippen molar-refractivity contribution >= 4 is 12.2 Å². The molecule has 1 fully saturated rings. The number of aryl methyl sites for hydroxylation is 1. The Morgan fingerprint density at radius 2 is 2.36 bits per heavy atom. The van der Waals surface area contributed by atoms with Crippen LogP contribution < -0.4 is 0 Å². The van der Waals surface area contributed by atoms with E-state index in [9.17, 15) is 0 Å². The summed E-state index contributed by atoms with van der Waals surface area (Å²) in [5, 5.41) is 0. The van der Waals surface area contributed by atoms with Gasteiger partial charge in [-0.2, -0.15) is 0 Å². The van der Waals surface area contributed by atoms with Crippen LogP contribution >= 0.6 is 12.2 Å². The average molecular weight is 166 g/mol. The van der Waals surface area contributed by atoms with Crippen LogP contribution in [-0.4, -0.2) is 9.97 Å². The molecule has 1 aliphatic rings. The van der Waals surface area contributed by atoms with Gasteiger partial charge in [-0.05, 0) is 31.7 Å². The number of nitrogens with zero attached hydrogens (tertiary/aromatic N) is 1. The van der Waals surface area contributed by atoms with Gasteiger partial charge in [0, 0.05) is 5.69 Å². The first-order valence-electron chi connectivity index (χ1n) is 3.83. The number of hydrogen-bond acceptors (Lipinski definition) is 2. The van der Waals surface area contributed by atoms with E-state index in [4.69, 9.17) is 12.2 Å². The predicted molar refractivity (Wildman–Crippen MR) is 46.1 cm³/mol. The number of nitrogens with one attached hydrogen (secondary N) is 1. The van der Waals surface area contributed by atoms with Crippen molar-refractivity contribution in [3.05, 3.63) is 22.2 Å². The van der Waals surface area contributed by atoms with E-state index in [0.29, 0.717) is 4.64 Å². The van der Waals surface area contributed by atoms with Crippen molar-refractivity contribution in [2.45, 2.75) is 25.7 Å². The second-order valence-electron chi connectivity index (χ2n) is 3.03. The molecule has 0 aromatic carbocycles. The summed E-state index contributed by atoms with van der Waals surface area (Å²) in [4.78, 5) is 7.34. The summed E-state index contributed by atoms with van der Waals surface area (Å²) in [6, 6.07) is 1.97. The lowest BCUT2D eigenvalue weighted by Gasteiger charge is -1.98. The molecule has 0 aliphatic heterocycles. The van der Waals surface area contributed by atoms with Gasteiger partial charge in [0.15, 0.2) is 0 Å². The Bertz CT molecular complexity index is 325. The molecule has 0 radical (unpaired) electrons. The molecular weight excluding hydrogens is 156 g/mol. The molecule has 11 heavy (non-hydrogen) atoms. The summed E-state index contributed by atoms with van der Waals surface area (Å²) in [5.74, 6) is 1.66. The first kappa shape index (κ1) is 6.98. The lowest BCUT2D eigenvalue weighted by atomic mass is 10.3. The molecular formula is C8H10N2S. The highest BCUT2D eigenvalue weighted by Gasteiger charge is 2.24. The van der Waals surface area contributed by atoms with Crippen LogP contribution in [-0.2, 0) is 0 Å². The van der Waals surface area contributed by atoms with Crippen molar-refractivity contribution in [3.8, 4) is 0 Å². The van der Waals surface area contributed by atoms with Gasteiger partial charge in [-0.15, -0.1) is 0 Å². The van der Waals surface area contributed by atoms with Gasteiger partial charge < -0.3 is 4.98 Å². The highest BCUT2D eigenvalue weighted by atomic mass is 32.1. The van der Waals surface area contributed by atoms with Gasteiger partial charge in [-0.25, -0.2) is 4.98 Å². The lowest BCUT2D eigenvalue weighted by molar-refractivity contribution is 0.934. The van der Waals surface area contributed by atoms with Crippen LogP contribution in [0.2, 0.25) is 0 Å². The quantitative estimate of drug-likeness (QED) is 0.649. The van der Waals surface area contributed by atoms with Crippen LogP contribution in [0.3, 0.4) is 0 Å². The third-order valence-electron chi connectivity index (χ3n) is 1.90. The molecule has 1 N–H and O–H groups in total. The molecule has 0 amide bonds. The van der Waals surface area contributed by atoms with E-state index in [1.807, 2.05) is 13.0 Å². The topological polar surface area (TPSA) is 28.7 Å². The Kier molecular flexibility index (Phi) is 1.53. The zero-order valence-electron chi connectivity index (χ0n) is 6.42. The van der Waals surface area contributed by atoms with E-state index in [1.54, 1.807) is 0 Å². The fraction of sp³-hybridized carbons (Fsp3) is 0.500. The largest absolute Gasteiger partial charge is 0.347 e. The monoisotopic (exact) mass is 166 g/mol. The zero-order valence-corrected chi connectivity index (χ0v) is 7.24. The van der Waals surface area contributed by atoms with Gasteiger partial charge in [0.2, 0.25) is 0 Å². The minimum absolute atomic E-state index is 0.711. The highest BCUT2D eigenvalue weighted by molar-refractivity contribution is 7.71. The SMILES string of the molecule is Cc1nc(=S)cc(C2CC2)[nH]1. The maximum atomic E-state index is 5.00. The van der Waals surface area contributed by atoms with Crippen LogP contribution in [0.4, 0.5) is 0 Å². The maximum absolute atomic E-state index is 5.00. The second-order valence-corrected chi connectivity index (χ2v) is 3.45. The van der Waals surface area contributed by atoms with E-state index < -0.39 is 0 Å². The Labute approximate surface area is 70.7 Å². The van der Waals surface area contributed by atoms with Crippen molar-refractivity contribution < 1.29 is 0 Å². The van der Waals surface area contributed by atoms with E-state index in [2.05, 4.69) is 9.97 Å². The van der Waals surface area contributed by atoms with Crippen molar-refractivity contribution in [2.24, 2.45) is 0 Å². The molecule has 1 aromatic rings. The minimum Gasteiger partial charge on any atom is -0.347 e. The van der Waals surface area contributed by atoms with Crippen molar-refractivity contribution in [1.82, 2.24) is 9.97 Å². The van der Waals surface area contributed by atoms with Crippen molar-refractivity contribution in [3.63, 3.8) is 0 Å². The number of hydrogen-bond donors (Lipinski definition) is 1. The molecule has 1 saturated carbocycles. The molecule has 0 spiro atoms. The third kappa shape index (κ3) is 1.48. The van der Waals surface area contributed by atoms with Gasteiger partial charge >= 0.3 is 0 Å². The molecule has 58 valence electrons. The average Bonchev–Trinajstić information content (AvgIpc) is 2.64. The van der Waals surface area contributed by atoms with Gasteiger partial charge in [-0.1, -0.05) is 12.2 Å². The fourth-order valence-corrected chi connectivity index (χ4v) is 1.48. The normalized spacial score (nSPS) is 16.8. The number of H-pyrrole nitrogens is 1. The summed E-state index contributed by atoms with van der Waals surface area (Å²) >= 11 is 5.00. The highest BCUT2D eigenvalue weighted by Crippen LogP contribution is 2.38. The smallest absolute Gasteiger partial charge is 0.129 e. The van der Waals surface area contributed by atoms with Crippen LogP contribution in [0.5, 0.6) is 0 Å². The Morgan fingerprint density at radius 3 is 2.91 bits per heavy atom. The summed E-state index contributed by atoms with van der Waals surface area (Å²) in [5.41, 5.74) is 1.27. The van der Waals surface area contributed by atoms with Gasteiger partial charge in [0.1, 0.15) is 10.5 Å². The Balaban J connectivity index is 2.47. The second kappa shape index (κ2) is 2.41. The molecule has 0 unspecified atom stereocenters. The van der Waals surface area contributed by atoms with Crippen molar-refractivity contribution in [1.29, 1.82) is 0 Å². The number of aromatic nitrogens is 2. The molecule has 0 bridgehead atoms. The first-order chi connectivity index (χ1) is 5.25. The van der Waals surface area contributed by atoms with Gasteiger partial charge in [-0.3, -0.25) is 0 Å². The Morgan fingerprint density at radius 1 is 1.64 bits per heavy atom. The summed E-state index contributed by atoms with van der Waals surface area (Å²) in [6.45, 7) is 1.95. The van der Waals surface area contributed by atoms with Crippen LogP contribution in [0.15, 0.2) is 6.07 Å². The molecule has 1 heterocycles. The van der Waals surface area contributed by atoms with E-state index in [-0.39, 0.29) is 0 Å². The summed E-state index contributed by atoms with van der Waals surface area (Å²) in [7, 11) is 0. The molecule has 0 saturated heterocycles. The number of rotatable bonds is 1. The van der Waals surface area contributed by atoms with Crippen LogP contribution in [0.25, 0.3) is 0 Å². The molecule has 3 heteroatoms. The van der Waals surface area contributed by atoms with Crippen LogP contribution in [0, 0.1) is 11.6 Å². The number of aromatic amines is 1. The van der Waals surface area contributed by atoms with Crippen molar-refractivity contribution in [2.75, 3.05) is 0 Å². The molecule has 2 rings (SSSR count). The first-order valence-corrected chi connectivity index (χ1v) is 4.24. The van der Waals surface area contributed by atoms with E-state index in [1.165, 1.54) is 18.5 Å². The lowest BCUT2D eigenvalue weighted by Crippen LogP contribution is -1.92. The minimum atomic E-state index is 0.711. The van der Waals surface area contributed by atoms with E-state index in [0.717, 1.165) is 11.7 Å². The van der Waals surface area contributed by atoms with Gasteiger partial charge in [0.25, 0.3) is 0 Å².